The molecule has 0 aromatic heterocycles. The molecular weight excluding hydrogens is 290 g/mol. The smallest absolute Gasteiger partial charge is 0.225 e. The van der Waals surface area contributed by atoms with Crippen molar-refractivity contribution < 1.29 is 9.53 Å². The summed E-state index contributed by atoms with van der Waals surface area (Å²) in [5.41, 5.74) is 0.731. The summed E-state index contributed by atoms with van der Waals surface area (Å²) in [4.78, 5) is 14.0. The minimum absolute atomic E-state index is 0.00759. The lowest BCUT2D eigenvalue weighted by Gasteiger charge is -2.27. The molecule has 0 aliphatic carbocycles. The third-order valence-corrected chi connectivity index (χ3v) is 3.58. The van der Waals surface area contributed by atoms with Crippen molar-refractivity contribution in [2.75, 3.05) is 45.2 Å². The van der Waals surface area contributed by atoms with Crippen LogP contribution in [0.4, 0.5) is 5.69 Å². The molecular formula is C15H22ClN3O2. The number of amides is 1. The topological polar surface area (TPSA) is 53.6 Å². The maximum absolute atomic E-state index is 11.9. The number of carbonyl (C=O) groups excluding carboxylic acids is 1. The van der Waals surface area contributed by atoms with Gasteiger partial charge in [0.15, 0.2) is 0 Å². The normalized spacial score (nSPS) is 18.7. The first-order valence-electron chi connectivity index (χ1n) is 7.20. The predicted octanol–water partition coefficient (Wildman–Crippen LogP) is 1.59. The number of nitrogens with one attached hydrogen (secondary N) is 2. The first-order valence-corrected chi connectivity index (χ1v) is 7.57. The van der Waals surface area contributed by atoms with E-state index >= 15 is 0 Å². The van der Waals surface area contributed by atoms with Crippen molar-refractivity contribution in [3.63, 3.8) is 0 Å². The van der Waals surface area contributed by atoms with Crippen LogP contribution in [-0.2, 0) is 9.53 Å². The van der Waals surface area contributed by atoms with Gasteiger partial charge in [0, 0.05) is 43.3 Å². The molecule has 1 atom stereocenters. The summed E-state index contributed by atoms with van der Waals surface area (Å²) in [7, 11) is 2.00. The fourth-order valence-electron chi connectivity index (χ4n) is 2.26. The average Bonchev–Trinajstić information content (AvgIpc) is 2.46. The lowest BCUT2D eigenvalue weighted by Crippen LogP contribution is -2.44. The number of hydrogen-bond donors (Lipinski definition) is 2. The molecule has 1 fully saturated rings. The predicted molar refractivity (Wildman–Crippen MR) is 84.8 cm³/mol. The number of likely N-dealkylation sites (N-methyl/N-ethyl adjacent to an activating group) is 1. The van der Waals surface area contributed by atoms with E-state index in [2.05, 4.69) is 15.5 Å². The van der Waals surface area contributed by atoms with Crippen LogP contribution in [0.1, 0.15) is 6.42 Å². The van der Waals surface area contributed by atoms with Gasteiger partial charge in [0.2, 0.25) is 5.91 Å². The lowest BCUT2D eigenvalue weighted by molar-refractivity contribution is -0.116. The van der Waals surface area contributed by atoms with Gasteiger partial charge in [-0.3, -0.25) is 4.79 Å². The van der Waals surface area contributed by atoms with Crippen molar-refractivity contribution in [3.8, 4) is 0 Å². The number of anilines is 1. The third-order valence-electron chi connectivity index (χ3n) is 3.35. The molecule has 1 aliphatic rings. The van der Waals surface area contributed by atoms with E-state index in [1.54, 1.807) is 12.1 Å². The second-order valence-electron chi connectivity index (χ2n) is 5.27. The molecule has 1 aromatic carbocycles. The van der Waals surface area contributed by atoms with Crippen molar-refractivity contribution in [3.05, 3.63) is 29.3 Å². The lowest BCUT2D eigenvalue weighted by atomic mass is 10.2. The van der Waals surface area contributed by atoms with E-state index in [9.17, 15) is 4.79 Å². The molecule has 0 spiro atoms. The van der Waals surface area contributed by atoms with Gasteiger partial charge in [0.05, 0.1) is 12.7 Å². The zero-order valence-electron chi connectivity index (χ0n) is 12.3. The van der Waals surface area contributed by atoms with Crippen LogP contribution in [0.15, 0.2) is 24.3 Å². The molecule has 5 nitrogen and oxygen atoms in total. The SMILES string of the molecule is CN(CCC(=O)Nc1cccc(Cl)c1)CC1CNCCO1. The molecule has 1 heterocycles. The summed E-state index contributed by atoms with van der Waals surface area (Å²) in [5, 5.41) is 6.77. The fraction of sp³-hybridized carbons (Fsp3) is 0.533. The number of carbonyl (C=O) groups is 1. The molecule has 2 rings (SSSR count). The van der Waals surface area contributed by atoms with E-state index in [-0.39, 0.29) is 12.0 Å². The molecule has 1 amide bonds. The molecule has 1 saturated heterocycles. The minimum atomic E-state index is -0.00759. The Labute approximate surface area is 130 Å². The number of ether oxygens (including phenoxy) is 1. The summed E-state index contributed by atoms with van der Waals surface area (Å²) in [6.45, 7) is 4.08. The Balaban J connectivity index is 1.68. The zero-order valence-corrected chi connectivity index (χ0v) is 13.0. The van der Waals surface area contributed by atoms with Gasteiger partial charge in [-0.05, 0) is 25.2 Å². The Kier molecular flexibility index (Phi) is 6.45. The third kappa shape index (κ3) is 6.01. The maximum atomic E-state index is 11.9. The standard InChI is InChI=1S/C15H22ClN3O2/c1-19(11-14-10-17-6-8-21-14)7-5-15(20)18-13-4-2-3-12(16)9-13/h2-4,9,14,17H,5-8,10-11H2,1H3,(H,18,20). The molecule has 21 heavy (non-hydrogen) atoms. The molecule has 6 heteroatoms. The fourth-order valence-corrected chi connectivity index (χ4v) is 2.45. The molecule has 0 saturated carbocycles. The van der Waals surface area contributed by atoms with Crippen molar-refractivity contribution in [2.45, 2.75) is 12.5 Å². The molecule has 1 aromatic rings. The summed E-state index contributed by atoms with van der Waals surface area (Å²) in [6, 6.07) is 7.17. The Bertz CT molecular complexity index is 464. The van der Waals surface area contributed by atoms with Gasteiger partial charge in [-0.1, -0.05) is 17.7 Å². The highest BCUT2D eigenvalue weighted by Crippen LogP contribution is 2.15. The summed E-state index contributed by atoms with van der Waals surface area (Å²) in [5.74, 6) is -0.00759. The molecule has 1 unspecified atom stereocenters. The summed E-state index contributed by atoms with van der Waals surface area (Å²) in [6.07, 6.45) is 0.656. The number of hydrogen-bond acceptors (Lipinski definition) is 4. The van der Waals surface area contributed by atoms with Crippen molar-refractivity contribution in [1.82, 2.24) is 10.2 Å². The van der Waals surface area contributed by atoms with E-state index in [4.69, 9.17) is 16.3 Å². The van der Waals surface area contributed by atoms with Crippen LogP contribution in [0.5, 0.6) is 0 Å². The summed E-state index contributed by atoms with van der Waals surface area (Å²) >= 11 is 5.88. The van der Waals surface area contributed by atoms with E-state index in [1.807, 2.05) is 19.2 Å². The van der Waals surface area contributed by atoms with Crippen molar-refractivity contribution in [2.24, 2.45) is 0 Å². The van der Waals surface area contributed by atoms with Gasteiger partial charge in [0.1, 0.15) is 0 Å². The summed E-state index contributed by atoms with van der Waals surface area (Å²) < 4.78 is 5.64. The molecule has 0 bridgehead atoms. The number of benzene rings is 1. The number of nitrogens with zero attached hydrogens (tertiary/aromatic N) is 1. The van der Waals surface area contributed by atoms with Crippen LogP contribution in [-0.4, -0.2) is 56.7 Å². The van der Waals surface area contributed by atoms with Gasteiger partial charge in [-0.2, -0.15) is 0 Å². The molecule has 2 N–H and O–H groups in total. The highest BCUT2D eigenvalue weighted by Gasteiger charge is 2.15. The van der Waals surface area contributed by atoms with Crippen LogP contribution in [0.25, 0.3) is 0 Å². The monoisotopic (exact) mass is 311 g/mol. The van der Waals surface area contributed by atoms with E-state index in [0.29, 0.717) is 18.0 Å². The van der Waals surface area contributed by atoms with Gasteiger partial charge in [-0.15, -0.1) is 0 Å². The van der Waals surface area contributed by atoms with Gasteiger partial charge in [0.25, 0.3) is 0 Å². The van der Waals surface area contributed by atoms with Crippen LogP contribution in [0.2, 0.25) is 5.02 Å². The minimum Gasteiger partial charge on any atom is -0.374 e. The van der Waals surface area contributed by atoms with E-state index < -0.39 is 0 Å². The van der Waals surface area contributed by atoms with Gasteiger partial charge in [-0.25, -0.2) is 0 Å². The maximum Gasteiger partial charge on any atom is 0.225 e. The number of halogens is 1. The first kappa shape index (κ1) is 16.2. The van der Waals surface area contributed by atoms with Crippen molar-refractivity contribution in [1.29, 1.82) is 0 Å². The quantitative estimate of drug-likeness (QED) is 0.838. The highest BCUT2D eigenvalue weighted by molar-refractivity contribution is 6.30. The number of rotatable bonds is 6. The van der Waals surface area contributed by atoms with Gasteiger partial charge >= 0.3 is 0 Å². The highest BCUT2D eigenvalue weighted by atomic mass is 35.5. The largest absolute Gasteiger partial charge is 0.374 e. The Morgan fingerprint density at radius 2 is 2.43 bits per heavy atom. The molecule has 116 valence electrons. The Morgan fingerprint density at radius 3 is 3.14 bits per heavy atom. The number of morpholine rings is 1. The zero-order chi connectivity index (χ0) is 15.1. The van der Waals surface area contributed by atoms with Crippen LogP contribution in [0.3, 0.4) is 0 Å². The van der Waals surface area contributed by atoms with E-state index in [0.717, 1.165) is 31.9 Å². The van der Waals surface area contributed by atoms with Crippen LogP contribution < -0.4 is 10.6 Å². The average molecular weight is 312 g/mol. The van der Waals surface area contributed by atoms with Crippen LogP contribution in [0, 0.1) is 0 Å². The van der Waals surface area contributed by atoms with Gasteiger partial charge < -0.3 is 20.3 Å². The second kappa shape index (κ2) is 8.34. The molecule has 1 aliphatic heterocycles. The van der Waals surface area contributed by atoms with E-state index in [1.165, 1.54) is 0 Å². The van der Waals surface area contributed by atoms with Crippen molar-refractivity contribution >= 4 is 23.2 Å². The Morgan fingerprint density at radius 1 is 1.57 bits per heavy atom. The Hall–Kier alpha value is -1.14. The first-order chi connectivity index (χ1) is 10.1. The van der Waals surface area contributed by atoms with Crippen LogP contribution >= 0.6 is 11.6 Å². The second-order valence-corrected chi connectivity index (χ2v) is 5.70. The molecule has 0 radical (unpaired) electrons.